The number of nitrogens with zero attached hydrogens (tertiary/aromatic N) is 3. The number of fused-ring (bicyclic) bond motifs is 4. The van der Waals surface area contributed by atoms with Gasteiger partial charge in [-0.25, -0.2) is 0 Å². The molecule has 1 aromatic heterocycles. The average molecular weight is 393 g/mol. The molecule has 29 heavy (non-hydrogen) atoms. The van der Waals surface area contributed by atoms with Crippen LogP contribution < -0.4 is 10.6 Å². The molecule has 8 heteroatoms. The molecule has 2 amide bonds. The molecule has 0 bridgehead atoms. The van der Waals surface area contributed by atoms with E-state index in [9.17, 15) is 9.59 Å². The monoisotopic (exact) mass is 393 g/mol. The third kappa shape index (κ3) is 2.41. The molecule has 1 aliphatic carbocycles. The van der Waals surface area contributed by atoms with E-state index in [2.05, 4.69) is 25.7 Å². The first kappa shape index (κ1) is 17.1. The summed E-state index contributed by atoms with van der Waals surface area (Å²) in [5.41, 5.74) is 0.818. The summed E-state index contributed by atoms with van der Waals surface area (Å²) in [6.45, 7) is 1.06. The number of nitrogens with one attached hydrogen (secondary N) is 2. The van der Waals surface area contributed by atoms with Gasteiger partial charge in [-0.3, -0.25) is 14.5 Å². The van der Waals surface area contributed by atoms with Crippen molar-refractivity contribution in [3.05, 3.63) is 41.5 Å². The molecule has 1 aromatic carbocycles. The summed E-state index contributed by atoms with van der Waals surface area (Å²) in [5, 5.41) is 9.98. The van der Waals surface area contributed by atoms with Crippen LogP contribution in [0.4, 0.5) is 5.69 Å². The molecule has 6 rings (SSSR count). The molecule has 3 fully saturated rings. The predicted octanol–water partition coefficient (Wildman–Crippen LogP) is 1.90. The summed E-state index contributed by atoms with van der Waals surface area (Å²) in [5.74, 6) is 0.894. The van der Waals surface area contributed by atoms with E-state index in [1.54, 1.807) is 0 Å². The Bertz CT molecular complexity index is 1000. The third-order valence-corrected chi connectivity index (χ3v) is 6.92. The zero-order valence-electron chi connectivity index (χ0n) is 16.1. The molecule has 1 saturated carbocycles. The van der Waals surface area contributed by atoms with Crippen LogP contribution in [0, 0.1) is 5.92 Å². The van der Waals surface area contributed by atoms with Gasteiger partial charge in [0.25, 0.3) is 0 Å². The predicted molar refractivity (Wildman–Crippen MR) is 103 cm³/mol. The Hall–Kier alpha value is -2.74. The minimum Gasteiger partial charge on any atom is -0.348 e. The molecule has 2 saturated heterocycles. The minimum atomic E-state index is -0.918. The second-order valence-electron chi connectivity index (χ2n) is 8.58. The van der Waals surface area contributed by atoms with E-state index < -0.39 is 11.5 Å². The number of carbonyl (C=O) groups excluding carboxylic acids is 2. The fourth-order valence-corrected chi connectivity index (χ4v) is 5.50. The van der Waals surface area contributed by atoms with Gasteiger partial charge in [0.15, 0.2) is 5.82 Å². The Labute approximate surface area is 168 Å². The first-order valence-electron chi connectivity index (χ1n) is 10.5. The highest BCUT2D eigenvalue weighted by atomic mass is 16.5. The number of hydrogen-bond donors (Lipinski definition) is 2. The molecule has 2 N–H and O–H groups in total. The Kier molecular flexibility index (Phi) is 3.62. The van der Waals surface area contributed by atoms with E-state index >= 15 is 0 Å². The lowest BCUT2D eigenvalue weighted by atomic mass is 9.78. The summed E-state index contributed by atoms with van der Waals surface area (Å²) in [7, 11) is 0. The number of para-hydroxylation sites is 1. The largest absolute Gasteiger partial charge is 0.348 e. The second-order valence-corrected chi connectivity index (χ2v) is 8.58. The molecular weight excluding hydrogens is 370 g/mol. The van der Waals surface area contributed by atoms with Crippen molar-refractivity contribution in [2.75, 3.05) is 11.9 Å². The van der Waals surface area contributed by atoms with Crippen LogP contribution in [0.15, 0.2) is 28.8 Å². The molecule has 8 nitrogen and oxygen atoms in total. The Morgan fingerprint density at radius 1 is 1.31 bits per heavy atom. The first-order chi connectivity index (χ1) is 14.2. The van der Waals surface area contributed by atoms with E-state index in [0.717, 1.165) is 43.5 Å². The quantitative estimate of drug-likeness (QED) is 0.823. The molecule has 4 heterocycles. The molecule has 4 aliphatic rings. The van der Waals surface area contributed by atoms with Gasteiger partial charge in [0, 0.05) is 23.2 Å². The van der Waals surface area contributed by atoms with Gasteiger partial charge in [0.2, 0.25) is 17.7 Å². The zero-order valence-corrected chi connectivity index (χ0v) is 16.1. The summed E-state index contributed by atoms with van der Waals surface area (Å²) < 4.78 is 5.28. The second kappa shape index (κ2) is 6.13. The van der Waals surface area contributed by atoms with E-state index in [0.29, 0.717) is 24.1 Å². The lowest BCUT2D eigenvalue weighted by molar-refractivity contribution is -0.137. The van der Waals surface area contributed by atoms with Gasteiger partial charge in [-0.15, -0.1) is 0 Å². The maximum atomic E-state index is 13.3. The highest BCUT2D eigenvalue weighted by Gasteiger charge is 2.65. The SMILES string of the molecule is O=C(NCc1noc(C2CC2)n1)[C@@H]1C[C@H]2CCCN2[C@]12C(=O)Nc1ccccc12. The van der Waals surface area contributed by atoms with Crippen molar-refractivity contribution in [2.45, 2.75) is 56.1 Å². The first-order valence-corrected chi connectivity index (χ1v) is 10.5. The average Bonchev–Trinajstić information content (AvgIpc) is 3.07. The number of amides is 2. The number of benzene rings is 1. The Morgan fingerprint density at radius 2 is 2.17 bits per heavy atom. The van der Waals surface area contributed by atoms with Crippen LogP contribution >= 0.6 is 0 Å². The number of hydrogen-bond acceptors (Lipinski definition) is 6. The van der Waals surface area contributed by atoms with Crippen molar-refractivity contribution in [2.24, 2.45) is 5.92 Å². The van der Waals surface area contributed by atoms with Crippen LogP contribution in [0.1, 0.15) is 55.3 Å². The molecule has 2 aromatic rings. The lowest BCUT2D eigenvalue weighted by Gasteiger charge is -2.36. The van der Waals surface area contributed by atoms with Crippen molar-refractivity contribution in [3.63, 3.8) is 0 Å². The van der Waals surface area contributed by atoms with Crippen LogP contribution in [0.5, 0.6) is 0 Å². The molecule has 1 spiro atoms. The van der Waals surface area contributed by atoms with Gasteiger partial charge in [0.1, 0.15) is 5.54 Å². The van der Waals surface area contributed by atoms with Crippen molar-refractivity contribution in [1.29, 1.82) is 0 Å². The standard InChI is InChI=1S/C21H23N5O3/c27-18(22-11-17-24-19(29-25-17)12-7-8-12)15-10-13-4-3-9-26(13)21(15)14-5-1-2-6-16(14)23-20(21)28/h1-2,5-6,12-13,15H,3-4,7-11H2,(H,22,27)(H,23,28)/t13-,15+,21+/m1/s1. The van der Waals surface area contributed by atoms with E-state index in [4.69, 9.17) is 4.52 Å². The van der Waals surface area contributed by atoms with Crippen LogP contribution in [-0.4, -0.2) is 39.4 Å². The van der Waals surface area contributed by atoms with Gasteiger partial charge in [-0.1, -0.05) is 23.4 Å². The van der Waals surface area contributed by atoms with Crippen molar-refractivity contribution in [3.8, 4) is 0 Å². The minimum absolute atomic E-state index is 0.0844. The van der Waals surface area contributed by atoms with Crippen molar-refractivity contribution < 1.29 is 14.1 Å². The number of rotatable bonds is 4. The highest BCUT2D eigenvalue weighted by Crippen LogP contribution is 2.55. The molecule has 3 aliphatic heterocycles. The molecular formula is C21H23N5O3. The summed E-state index contributed by atoms with van der Waals surface area (Å²) >= 11 is 0. The smallest absolute Gasteiger partial charge is 0.250 e. The van der Waals surface area contributed by atoms with E-state index in [-0.39, 0.29) is 24.4 Å². The Morgan fingerprint density at radius 3 is 3.03 bits per heavy atom. The van der Waals surface area contributed by atoms with E-state index in [1.165, 1.54) is 0 Å². The van der Waals surface area contributed by atoms with Crippen LogP contribution in [0.25, 0.3) is 0 Å². The van der Waals surface area contributed by atoms with Crippen molar-refractivity contribution >= 4 is 17.5 Å². The molecule has 0 radical (unpaired) electrons. The van der Waals surface area contributed by atoms with Gasteiger partial charge < -0.3 is 15.2 Å². The lowest BCUT2D eigenvalue weighted by Crippen LogP contribution is -2.54. The van der Waals surface area contributed by atoms with Gasteiger partial charge in [-0.2, -0.15) is 4.98 Å². The van der Waals surface area contributed by atoms with Crippen LogP contribution in [0.3, 0.4) is 0 Å². The van der Waals surface area contributed by atoms with E-state index in [1.807, 2.05) is 24.3 Å². The molecule has 150 valence electrons. The fourth-order valence-electron chi connectivity index (χ4n) is 5.50. The summed E-state index contributed by atoms with van der Waals surface area (Å²) in [4.78, 5) is 33.3. The Balaban J connectivity index is 1.29. The maximum Gasteiger partial charge on any atom is 0.250 e. The van der Waals surface area contributed by atoms with Gasteiger partial charge in [0.05, 0.1) is 12.5 Å². The zero-order chi connectivity index (χ0) is 19.6. The van der Waals surface area contributed by atoms with Gasteiger partial charge in [-0.05, 0) is 44.7 Å². The third-order valence-electron chi connectivity index (χ3n) is 6.92. The maximum absolute atomic E-state index is 13.3. The summed E-state index contributed by atoms with van der Waals surface area (Å²) in [6, 6.07) is 8.01. The fraction of sp³-hybridized carbons (Fsp3) is 0.524. The van der Waals surface area contributed by atoms with Crippen LogP contribution in [0.2, 0.25) is 0 Å². The number of carbonyl (C=O) groups is 2. The normalized spacial score (nSPS) is 30.4. The summed E-state index contributed by atoms with van der Waals surface area (Å²) in [6.07, 6.45) is 4.95. The highest BCUT2D eigenvalue weighted by molar-refractivity contribution is 6.09. The van der Waals surface area contributed by atoms with Crippen molar-refractivity contribution in [1.82, 2.24) is 20.4 Å². The molecule has 0 unspecified atom stereocenters. The topological polar surface area (TPSA) is 100 Å². The van der Waals surface area contributed by atoms with Gasteiger partial charge >= 0.3 is 0 Å². The number of aromatic nitrogens is 2. The van der Waals surface area contributed by atoms with Crippen LogP contribution in [-0.2, 0) is 21.7 Å². The number of anilines is 1. The molecule has 3 atom stereocenters.